The van der Waals surface area contributed by atoms with Crippen LogP contribution in [-0.2, 0) is 14.4 Å². The summed E-state index contributed by atoms with van der Waals surface area (Å²) in [4.78, 5) is 40.0. The highest BCUT2D eigenvalue weighted by Gasteiger charge is 2.60. The second-order valence-corrected chi connectivity index (χ2v) is 10.0. The second kappa shape index (κ2) is 10.6. The van der Waals surface area contributed by atoms with Crippen molar-refractivity contribution >= 4 is 23.4 Å². The maximum atomic E-state index is 14.9. The lowest BCUT2D eigenvalue weighted by atomic mass is 9.71. The summed E-state index contributed by atoms with van der Waals surface area (Å²) in [6.45, 7) is 1.91. The molecule has 0 spiro atoms. The molecule has 2 bridgehead atoms. The predicted molar refractivity (Wildman–Crippen MR) is 124 cm³/mol. The molecule has 4 fully saturated rings. The summed E-state index contributed by atoms with van der Waals surface area (Å²) in [5.41, 5.74) is -0.273. The zero-order valence-electron chi connectivity index (χ0n) is 20.3. The highest BCUT2D eigenvalue weighted by molar-refractivity contribution is 5.92. The summed E-state index contributed by atoms with van der Waals surface area (Å²) in [7, 11) is 0. The number of nitrogens with one attached hydrogen (secondary N) is 3. The third-order valence-electron chi connectivity index (χ3n) is 7.52. The Morgan fingerprint density at radius 1 is 1.27 bits per heavy atom. The molecule has 12 heteroatoms. The molecule has 1 aromatic rings. The van der Waals surface area contributed by atoms with E-state index in [2.05, 4.69) is 16.0 Å². The molecule has 6 atom stereocenters. The fraction of sp³-hybridized carbons (Fsp3) is 0.600. The third kappa shape index (κ3) is 5.50. The number of nitriles is 1. The van der Waals surface area contributed by atoms with Crippen molar-refractivity contribution in [3.05, 3.63) is 29.8 Å². The fourth-order valence-electron chi connectivity index (χ4n) is 5.70. The van der Waals surface area contributed by atoms with Gasteiger partial charge in [0.2, 0.25) is 17.7 Å². The van der Waals surface area contributed by atoms with Gasteiger partial charge >= 0.3 is 0 Å². The molecule has 3 aliphatic heterocycles. The summed E-state index contributed by atoms with van der Waals surface area (Å²) in [5, 5.41) is 17.4. The van der Waals surface area contributed by atoms with Gasteiger partial charge in [-0.15, -0.1) is 0 Å². The molecule has 1 saturated carbocycles. The number of hydrogen-bond donors (Lipinski definition) is 3. The second-order valence-electron chi connectivity index (χ2n) is 10.0. The standard InChI is InChI=1S/C25H29F4N5O3/c1-13(32-20-10-15(26)4-7-19(20)27)24(37)34-17-5-6-18(25(28,29)11-17)21(34)23(36)33-16(12-30)9-14-3-2-8-31-22(14)35/h4,7,10,13-14,16-18,21,32H,2-3,5-6,8-9,11H2,1H3,(H,31,35)(H,33,36)/t13-,14+,16-,17-,18-,21+/m1/s1. The number of rotatable bonds is 7. The van der Waals surface area contributed by atoms with Gasteiger partial charge in [-0.1, -0.05) is 0 Å². The molecular weight excluding hydrogens is 494 g/mol. The van der Waals surface area contributed by atoms with Gasteiger partial charge in [0, 0.05) is 24.9 Å². The van der Waals surface area contributed by atoms with Crippen LogP contribution in [0.25, 0.3) is 0 Å². The van der Waals surface area contributed by atoms with E-state index in [1.54, 1.807) is 0 Å². The molecule has 4 aliphatic rings. The van der Waals surface area contributed by atoms with E-state index in [9.17, 15) is 37.2 Å². The summed E-state index contributed by atoms with van der Waals surface area (Å²) in [6.07, 6.45) is 0.952. The van der Waals surface area contributed by atoms with Crippen molar-refractivity contribution in [1.82, 2.24) is 15.5 Å². The van der Waals surface area contributed by atoms with Gasteiger partial charge in [0.15, 0.2) is 0 Å². The molecule has 1 aromatic carbocycles. The van der Waals surface area contributed by atoms with E-state index < -0.39 is 71.8 Å². The largest absolute Gasteiger partial charge is 0.371 e. The third-order valence-corrected chi connectivity index (χ3v) is 7.52. The van der Waals surface area contributed by atoms with E-state index in [1.165, 1.54) is 6.92 Å². The number of alkyl halides is 2. The van der Waals surface area contributed by atoms with Gasteiger partial charge in [-0.05, 0) is 57.2 Å². The summed E-state index contributed by atoms with van der Waals surface area (Å²) < 4.78 is 57.5. The van der Waals surface area contributed by atoms with Crippen LogP contribution in [-0.4, -0.2) is 59.3 Å². The average Bonchev–Trinajstić information content (AvgIpc) is 2.85. The molecule has 0 radical (unpaired) electrons. The maximum Gasteiger partial charge on any atom is 0.255 e. The summed E-state index contributed by atoms with van der Waals surface area (Å²) in [6, 6.07) is -0.139. The number of hydrogen-bond acceptors (Lipinski definition) is 5. The number of fused-ring (bicyclic) bond motifs is 3. The van der Waals surface area contributed by atoms with Crippen molar-refractivity contribution in [2.45, 2.75) is 75.5 Å². The van der Waals surface area contributed by atoms with Crippen molar-refractivity contribution in [2.75, 3.05) is 11.9 Å². The number of piperidine rings is 3. The minimum atomic E-state index is -3.20. The van der Waals surface area contributed by atoms with E-state index in [0.29, 0.717) is 13.0 Å². The Balaban J connectivity index is 1.54. The average molecular weight is 524 g/mol. The van der Waals surface area contributed by atoms with Crippen LogP contribution in [0.2, 0.25) is 0 Å². The van der Waals surface area contributed by atoms with Crippen LogP contribution in [0, 0.1) is 34.8 Å². The number of nitrogens with zero attached hydrogens (tertiary/aromatic N) is 2. The first-order chi connectivity index (χ1) is 17.5. The van der Waals surface area contributed by atoms with E-state index >= 15 is 0 Å². The molecule has 1 aliphatic carbocycles. The smallest absolute Gasteiger partial charge is 0.255 e. The Morgan fingerprint density at radius 2 is 2.03 bits per heavy atom. The first-order valence-electron chi connectivity index (χ1n) is 12.4. The summed E-state index contributed by atoms with van der Waals surface area (Å²) >= 11 is 0. The Morgan fingerprint density at radius 3 is 2.70 bits per heavy atom. The van der Waals surface area contributed by atoms with Crippen LogP contribution in [0.15, 0.2) is 18.2 Å². The molecular formula is C25H29F4N5O3. The van der Waals surface area contributed by atoms with Gasteiger partial charge < -0.3 is 20.9 Å². The lowest BCUT2D eigenvalue weighted by Crippen LogP contribution is -2.70. The first kappa shape index (κ1) is 26.7. The molecule has 37 heavy (non-hydrogen) atoms. The summed E-state index contributed by atoms with van der Waals surface area (Å²) in [5.74, 6) is -8.52. The Bertz CT molecular complexity index is 1110. The molecule has 200 valence electrons. The van der Waals surface area contributed by atoms with Crippen molar-refractivity contribution in [2.24, 2.45) is 11.8 Å². The van der Waals surface area contributed by atoms with Crippen LogP contribution in [0.1, 0.15) is 45.4 Å². The van der Waals surface area contributed by atoms with E-state index in [-0.39, 0.29) is 30.9 Å². The molecule has 5 rings (SSSR count). The van der Waals surface area contributed by atoms with E-state index in [4.69, 9.17) is 0 Å². The van der Waals surface area contributed by atoms with Crippen molar-refractivity contribution in [1.29, 1.82) is 5.26 Å². The fourth-order valence-corrected chi connectivity index (χ4v) is 5.70. The minimum absolute atomic E-state index is 0.0160. The van der Waals surface area contributed by atoms with Gasteiger partial charge in [0.1, 0.15) is 29.8 Å². The Labute approximate surface area is 211 Å². The molecule has 0 aromatic heterocycles. The van der Waals surface area contributed by atoms with Gasteiger partial charge in [-0.3, -0.25) is 14.4 Å². The predicted octanol–water partition coefficient (Wildman–Crippen LogP) is 2.70. The monoisotopic (exact) mass is 523 g/mol. The van der Waals surface area contributed by atoms with Crippen LogP contribution >= 0.6 is 0 Å². The highest BCUT2D eigenvalue weighted by Crippen LogP contribution is 2.49. The Kier molecular flexibility index (Phi) is 7.62. The number of anilines is 1. The van der Waals surface area contributed by atoms with E-state index in [0.717, 1.165) is 29.5 Å². The van der Waals surface area contributed by atoms with Gasteiger partial charge in [0.05, 0.1) is 17.7 Å². The topological polar surface area (TPSA) is 114 Å². The van der Waals surface area contributed by atoms with Gasteiger partial charge in [-0.2, -0.15) is 5.26 Å². The molecule has 3 N–H and O–H groups in total. The zero-order chi connectivity index (χ0) is 26.9. The minimum Gasteiger partial charge on any atom is -0.371 e. The Hall–Kier alpha value is -3.36. The van der Waals surface area contributed by atoms with Crippen LogP contribution < -0.4 is 16.0 Å². The van der Waals surface area contributed by atoms with Gasteiger partial charge in [0.25, 0.3) is 5.92 Å². The van der Waals surface area contributed by atoms with Gasteiger partial charge in [-0.25, -0.2) is 17.6 Å². The van der Waals surface area contributed by atoms with Crippen molar-refractivity contribution in [3.63, 3.8) is 0 Å². The normalized spacial score (nSPS) is 28.0. The molecule has 3 saturated heterocycles. The lowest BCUT2D eigenvalue weighted by Gasteiger charge is -2.54. The van der Waals surface area contributed by atoms with Crippen LogP contribution in [0.4, 0.5) is 23.2 Å². The number of carbonyl (C=O) groups is 3. The number of carbonyl (C=O) groups excluding carboxylic acids is 3. The highest BCUT2D eigenvalue weighted by atomic mass is 19.3. The molecule has 8 nitrogen and oxygen atoms in total. The van der Waals surface area contributed by atoms with Crippen molar-refractivity contribution in [3.8, 4) is 6.07 Å². The zero-order valence-corrected chi connectivity index (χ0v) is 20.3. The quantitative estimate of drug-likeness (QED) is 0.476. The number of halogens is 4. The molecule has 0 unspecified atom stereocenters. The SMILES string of the molecule is C[C@@H](Nc1cc(F)ccc1F)C(=O)N1[C@@H]2CC[C@H]([C@H]1C(=O)N[C@@H](C#N)C[C@@H]1CCCNC1=O)C(F)(F)C2. The lowest BCUT2D eigenvalue weighted by molar-refractivity contribution is -0.194. The van der Waals surface area contributed by atoms with Crippen LogP contribution in [0.3, 0.4) is 0 Å². The number of benzene rings is 1. The van der Waals surface area contributed by atoms with Crippen LogP contribution in [0.5, 0.6) is 0 Å². The molecule has 3 amide bonds. The number of amides is 3. The first-order valence-corrected chi connectivity index (χ1v) is 12.4. The van der Waals surface area contributed by atoms with Crippen molar-refractivity contribution < 1.29 is 31.9 Å². The van der Waals surface area contributed by atoms with E-state index in [1.807, 2.05) is 6.07 Å². The maximum absolute atomic E-state index is 14.9. The molecule has 3 heterocycles.